The number of halogens is 1. The number of benzene rings is 1. The van der Waals surface area contributed by atoms with Crippen LogP contribution < -0.4 is 11.3 Å². The minimum absolute atomic E-state index is 0.222. The summed E-state index contributed by atoms with van der Waals surface area (Å²) >= 11 is 5.91. The van der Waals surface area contributed by atoms with Crippen molar-refractivity contribution in [2.45, 2.75) is 26.4 Å². The fourth-order valence-electron chi connectivity index (χ4n) is 1.78. The van der Waals surface area contributed by atoms with Gasteiger partial charge in [0.2, 0.25) is 0 Å². The summed E-state index contributed by atoms with van der Waals surface area (Å²) in [5.41, 5.74) is 2.41. The van der Waals surface area contributed by atoms with Crippen molar-refractivity contribution >= 4 is 23.2 Å². The van der Waals surface area contributed by atoms with Gasteiger partial charge in [0.25, 0.3) is 5.91 Å². The van der Waals surface area contributed by atoms with E-state index in [0.717, 1.165) is 0 Å². The summed E-state index contributed by atoms with van der Waals surface area (Å²) in [4.78, 5) is 14.0. The molecule has 0 heterocycles. The number of hydrogen-bond donors (Lipinski definition) is 3. The number of nitrogen functional groups attached to an aromatic ring is 1. The highest BCUT2D eigenvalue weighted by Gasteiger charge is 2.24. The van der Waals surface area contributed by atoms with Gasteiger partial charge in [0.05, 0.1) is 16.9 Å². The number of hydrogen-bond acceptors (Lipinski definition) is 4. The number of aliphatic hydroxyl groups is 1. The van der Waals surface area contributed by atoms with Gasteiger partial charge in [-0.2, -0.15) is 0 Å². The van der Waals surface area contributed by atoms with Crippen molar-refractivity contribution in [3.63, 3.8) is 0 Å². The number of anilines is 1. The van der Waals surface area contributed by atoms with Gasteiger partial charge in [-0.1, -0.05) is 11.6 Å². The predicted octanol–water partition coefficient (Wildman–Crippen LogP) is 1.86. The Hall–Kier alpha value is -1.30. The second-order valence-electron chi connectivity index (χ2n) is 4.97. The molecule has 0 bridgehead atoms. The third kappa shape index (κ3) is 4.38. The Balaban J connectivity index is 3.06. The summed E-state index contributed by atoms with van der Waals surface area (Å²) < 4.78 is 0. The van der Waals surface area contributed by atoms with Crippen LogP contribution in [0.4, 0.5) is 5.69 Å². The van der Waals surface area contributed by atoms with Gasteiger partial charge in [0, 0.05) is 18.1 Å². The smallest absolute Gasteiger partial charge is 0.256 e. The van der Waals surface area contributed by atoms with Gasteiger partial charge in [-0.05, 0) is 39.0 Å². The molecule has 0 aliphatic carbocycles. The van der Waals surface area contributed by atoms with Crippen molar-refractivity contribution in [2.24, 2.45) is 5.84 Å². The number of nitrogens with two attached hydrogens (primary N) is 1. The number of rotatable bonds is 5. The summed E-state index contributed by atoms with van der Waals surface area (Å²) in [6.07, 6.45) is 0. The normalized spacial score (nSPS) is 11.3. The number of amides is 1. The largest absolute Gasteiger partial charge is 0.389 e. The van der Waals surface area contributed by atoms with E-state index in [1.807, 2.05) is 6.92 Å². The van der Waals surface area contributed by atoms with Crippen molar-refractivity contribution in [3.05, 3.63) is 28.8 Å². The molecule has 6 heteroatoms. The fraction of sp³-hybridized carbons (Fsp3) is 0.462. The summed E-state index contributed by atoms with van der Waals surface area (Å²) in [6.45, 7) is 5.88. The molecule has 4 N–H and O–H groups in total. The number of nitrogens with zero attached hydrogens (tertiary/aromatic N) is 1. The lowest BCUT2D eigenvalue weighted by Crippen LogP contribution is -2.42. The molecular formula is C13H20ClN3O2. The van der Waals surface area contributed by atoms with E-state index in [-0.39, 0.29) is 12.5 Å². The first-order chi connectivity index (χ1) is 8.78. The number of hydrazine groups is 1. The number of carbonyl (C=O) groups is 1. The Morgan fingerprint density at radius 3 is 2.63 bits per heavy atom. The first kappa shape index (κ1) is 15.8. The van der Waals surface area contributed by atoms with Crippen molar-refractivity contribution in [1.29, 1.82) is 0 Å². The van der Waals surface area contributed by atoms with E-state index in [2.05, 4.69) is 5.43 Å². The maximum absolute atomic E-state index is 12.4. The van der Waals surface area contributed by atoms with Crippen LogP contribution in [0.1, 0.15) is 31.1 Å². The molecule has 0 radical (unpaired) electrons. The zero-order chi connectivity index (χ0) is 14.6. The van der Waals surface area contributed by atoms with Crippen LogP contribution in [0.5, 0.6) is 0 Å². The molecule has 0 aromatic heterocycles. The lowest BCUT2D eigenvalue weighted by atomic mass is 10.1. The quantitative estimate of drug-likeness (QED) is 0.570. The molecule has 1 rings (SSSR count). The lowest BCUT2D eigenvalue weighted by Gasteiger charge is -2.28. The van der Waals surface area contributed by atoms with E-state index >= 15 is 0 Å². The molecule has 0 saturated carbocycles. The van der Waals surface area contributed by atoms with Crippen LogP contribution in [0.25, 0.3) is 0 Å². The van der Waals surface area contributed by atoms with Gasteiger partial charge in [-0.25, -0.2) is 0 Å². The van der Waals surface area contributed by atoms with Crippen LogP contribution in [-0.4, -0.2) is 34.6 Å². The molecule has 0 atom stereocenters. The summed E-state index contributed by atoms with van der Waals surface area (Å²) in [5, 5.41) is 10.3. The molecular weight excluding hydrogens is 266 g/mol. The van der Waals surface area contributed by atoms with Gasteiger partial charge in [0.1, 0.15) is 0 Å². The van der Waals surface area contributed by atoms with E-state index < -0.39 is 5.60 Å². The Morgan fingerprint density at radius 1 is 1.53 bits per heavy atom. The number of nitrogens with one attached hydrogen (secondary N) is 1. The topological polar surface area (TPSA) is 78.6 Å². The Morgan fingerprint density at radius 2 is 2.16 bits per heavy atom. The van der Waals surface area contributed by atoms with E-state index in [4.69, 9.17) is 17.4 Å². The van der Waals surface area contributed by atoms with Crippen molar-refractivity contribution in [2.75, 3.05) is 18.5 Å². The molecule has 1 aromatic rings. The Bertz CT molecular complexity index is 458. The zero-order valence-corrected chi connectivity index (χ0v) is 12.2. The standard InChI is InChI=1S/C13H20ClN3O2/c1-4-17(8-13(2,3)19)12(18)10-7-9(14)5-6-11(10)16-15/h5-7,16,19H,4,8,15H2,1-3H3. The highest BCUT2D eigenvalue weighted by molar-refractivity contribution is 6.31. The molecule has 0 aliphatic rings. The average Bonchev–Trinajstić information content (AvgIpc) is 2.34. The third-order valence-corrected chi connectivity index (χ3v) is 2.85. The van der Waals surface area contributed by atoms with Crippen molar-refractivity contribution in [3.8, 4) is 0 Å². The predicted molar refractivity (Wildman–Crippen MR) is 77.1 cm³/mol. The molecule has 1 amide bonds. The fourth-order valence-corrected chi connectivity index (χ4v) is 1.96. The number of likely N-dealkylation sites (N-methyl/N-ethyl adjacent to an activating group) is 1. The van der Waals surface area contributed by atoms with Gasteiger partial charge in [0.15, 0.2) is 0 Å². The average molecular weight is 286 g/mol. The lowest BCUT2D eigenvalue weighted by molar-refractivity contribution is 0.0315. The van der Waals surface area contributed by atoms with E-state index in [1.165, 1.54) is 0 Å². The van der Waals surface area contributed by atoms with Gasteiger partial charge >= 0.3 is 0 Å². The molecule has 0 saturated heterocycles. The summed E-state index contributed by atoms with van der Waals surface area (Å²) in [7, 11) is 0. The maximum atomic E-state index is 12.4. The van der Waals surface area contributed by atoms with Crippen LogP contribution in [0.3, 0.4) is 0 Å². The van der Waals surface area contributed by atoms with E-state index in [9.17, 15) is 9.90 Å². The minimum Gasteiger partial charge on any atom is -0.389 e. The summed E-state index contributed by atoms with van der Waals surface area (Å²) in [5.74, 6) is 5.17. The van der Waals surface area contributed by atoms with E-state index in [1.54, 1.807) is 36.9 Å². The number of carbonyl (C=O) groups excluding carboxylic acids is 1. The minimum atomic E-state index is -0.958. The van der Waals surface area contributed by atoms with Crippen LogP contribution in [0, 0.1) is 0 Å². The second-order valence-corrected chi connectivity index (χ2v) is 5.40. The molecule has 0 fully saturated rings. The van der Waals surface area contributed by atoms with Gasteiger partial charge < -0.3 is 15.4 Å². The van der Waals surface area contributed by atoms with Crippen LogP contribution in [-0.2, 0) is 0 Å². The first-order valence-electron chi connectivity index (χ1n) is 6.06. The van der Waals surface area contributed by atoms with Crippen molar-refractivity contribution in [1.82, 2.24) is 4.90 Å². The highest BCUT2D eigenvalue weighted by Crippen LogP contribution is 2.22. The molecule has 1 aromatic carbocycles. The van der Waals surface area contributed by atoms with E-state index in [0.29, 0.717) is 22.8 Å². The van der Waals surface area contributed by atoms with Gasteiger partial charge in [-0.15, -0.1) is 0 Å². The Labute approximate surface area is 118 Å². The molecule has 0 spiro atoms. The maximum Gasteiger partial charge on any atom is 0.256 e. The summed E-state index contributed by atoms with van der Waals surface area (Å²) in [6, 6.07) is 4.86. The first-order valence-corrected chi connectivity index (χ1v) is 6.44. The van der Waals surface area contributed by atoms with Crippen LogP contribution in [0.2, 0.25) is 5.02 Å². The second kappa shape index (κ2) is 6.23. The van der Waals surface area contributed by atoms with Crippen LogP contribution >= 0.6 is 11.6 Å². The SMILES string of the molecule is CCN(CC(C)(C)O)C(=O)c1cc(Cl)ccc1NN. The molecule has 5 nitrogen and oxygen atoms in total. The third-order valence-electron chi connectivity index (χ3n) is 2.61. The van der Waals surface area contributed by atoms with Gasteiger partial charge in [-0.3, -0.25) is 10.6 Å². The highest BCUT2D eigenvalue weighted by atomic mass is 35.5. The van der Waals surface area contributed by atoms with Crippen LogP contribution in [0.15, 0.2) is 18.2 Å². The van der Waals surface area contributed by atoms with Crippen molar-refractivity contribution < 1.29 is 9.90 Å². The molecule has 0 aliphatic heterocycles. The zero-order valence-electron chi connectivity index (χ0n) is 11.4. The molecule has 0 unspecified atom stereocenters. The monoisotopic (exact) mass is 285 g/mol. The Kier molecular flexibility index (Phi) is 5.17. The molecule has 19 heavy (non-hydrogen) atoms. The molecule has 106 valence electrons.